The number of carbonyl (C=O) groups is 2. The van der Waals surface area contributed by atoms with E-state index in [0.717, 1.165) is 21.8 Å². The van der Waals surface area contributed by atoms with Crippen molar-refractivity contribution < 1.29 is 14.3 Å². The van der Waals surface area contributed by atoms with Gasteiger partial charge in [0.1, 0.15) is 5.01 Å². The highest BCUT2D eigenvalue weighted by molar-refractivity contribution is 7.15. The zero-order valence-corrected chi connectivity index (χ0v) is 21.0. The van der Waals surface area contributed by atoms with Gasteiger partial charge in [0.2, 0.25) is 5.13 Å². The van der Waals surface area contributed by atoms with Crippen LogP contribution in [0.15, 0.2) is 78.9 Å². The lowest BCUT2D eigenvalue weighted by molar-refractivity contribution is -0.124. The van der Waals surface area contributed by atoms with E-state index in [-0.39, 0.29) is 5.56 Å². The van der Waals surface area contributed by atoms with Crippen molar-refractivity contribution in [3.8, 4) is 22.5 Å². The van der Waals surface area contributed by atoms with Gasteiger partial charge in [0.25, 0.3) is 5.91 Å². The second kappa shape index (κ2) is 10.6. The summed E-state index contributed by atoms with van der Waals surface area (Å²) < 4.78 is 5.54. The third kappa shape index (κ3) is 5.36. The Bertz CT molecular complexity index is 1570. The number of nitrogens with one attached hydrogen (secondary N) is 1. The molecular formula is C28H23N5O3S. The monoisotopic (exact) mass is 509 g/mol. The predicted octanol–water partition coefficient (Wildman–Crippen LogP) is 5.70. The summed E-state index contributed by atoms with van der Waals surface area (Å²) in [5, 5.41) is 11.5. The summed E-state index contributed by atoms with van der Waals surface area (Å²) in [7, 11) is 0. The van der Waals surface area contributed by atoms with E-state index in [1.54, 1.807) is 32.0 Å². The Balaban J connectivity index is 1.45. The van der Waals surface area contributed by atoms with Gasteiger partial charge in [-0.05, 0) is 31.5 Å². The molecule has 0 saturated heterocycles. The molecule has 2 aromatic heterocycles. The summed E-state index contributed by atoms with van der Waals surface area (Å²) in [6.45, 7) is 3.56. The first-order valence-corrected chi connectivity index (χ1v) is 12.6. The highest BCUT2D eigenvalue weighted by Gasteiger charge is 2.24. The summed E-state index contributed by atoms with van der Waals surface area (Å²) >= 11 is 1.25. The largest absolute Gasteiger partial charge is 0.449 e. The lowest BCUT2D eigenvalue weighted by atomic mass is 10.0. The Labute approximate surface area is 217 Å². The summed E-state index contributed by atoms with van der Waals surface area (Å²) in [6.07, 6.45) is -0.666. The number of esters is 1. The Morgan fingerprint density at radius 1 is 0.865 bits per heavy atom. The SMILES string of the molecule is CCC(OC(=O)c1ccc2nc(-c3ccccc3)c(-c3ccccc3)nc2c1)C(=O)Nc1nnc(C)s1. The molecule has 184 valence electrons. The number of ether oxygens (including phenoxy) is 1. The number of aryl methyl sites for hydroxylation is 1. The van der Waals surface area contributed by atoms with Gasteiger partial charge < -0.3 is 4.74 Å². The lowest BCUT2D eigenvalue weighted by Crippen LogP contribution is -2.32. The predicted molar refractivity (Wildman–Crippen MR) is 143 cm³/mol. The normalized spacial score (nSPS) is 11.7. The smallest absolute Gasteiger partial charge is 0.338 e. The van der Waals surface area contributed by atoms with Crippen LogP contribution in [-0.4, -0.2) is 38.1 Å². The van der Waals surface area contributed by atoms with Crippen molar-refractivity contribution in [2.45, 2.75) is 26.4 Å². The number of benzene rings is 3. The molecule has 0 spiro atoms. The Hall–Kier alpha value is -4.50. The molecular weight excluding hydrogens is 486 g/mol. The molecule has 37 heavy (non-hydrogen) atoms. The van der Waals surface area contributed by atoms with Crippen molar-refractivity contribution in [3.05, 3.63) is 89.4 Å². The number of anilines is 1. The number of carbonyl (C=O) groups excluding carboxylic acids is 2. The van der Waals surface area contributed by atoms with Gasteiger partial charge in [0.15, 0.2) is 6.10 Å². The molecule has 0 aliphatic carbocycles. The van der Waals surface area contributed by atoms with Crippen LogP contribution in [-0.2, 0) is 9.53 Å². The molecule has 1 N–H and O–H groups in total. The van der Waals surface area contributed by atoms with Crippen LogP contribution in [0.1, 0.15) is 28.7 Å². The molecule has 8 nitrogen and oxygen atoms in total. The number of fused-ring (bicyclic) bond motifs is 1. The standard InChI is InChI=1S/C28H23N5O3S/c1-3-23(26(34)31-28-33-32-17(2)37-28)36-27(35)20-14-15-21-22(16-20)30-25(19-12-8-5-9-13-19)24(29-21)18-10-6-4-7-11-18/h4-16,23H,3H2,1-2H3,(H,31,33,34). The van der Waals surface area contributed by atoms with Gasteiger partial charge in [-0.25, -0.2) is 14.8 Å². The van der Waals surface area contributed by atoms with Gasteiger partial charge in [0.05, 0.1) is 28.0 Å². The average molecular weight is 510 g/mol. The summed E-state index contributed by atoms with van der Waals surface area (Å²) in [6, 6.07) is 24.7. The van der Waals surface area contributed by atoms with E-state index in [4.69, 9.17) is 14.7 Å². The van der Waals surface area contributed by atoms with E-state index in [1.807, 2.05) is 60.7 Å². The highest BCUT2D eigenvalue weighted by atomic mass is 32.1. The third-order valence-electron chi connectivity index (χ3n) is 5.66. The van der Waals surface area contributed by atoms with Gasteiger partial charge in [-0.3, -0.25) is 10.1 Å². The number of nitrogens with zero attached hydrogens (tertiary/aromatic N) is 4. The van der Waals surface area contributed by atoms with E-state index >= 15 is 0 Å². The molecule has 1 atom stereocenters. The van der Waals surface area contributed by atoms with Crippen molar-refractivity contribution in [2.24, 2.45) is 0 Å². The first kappa shape index (κ1) is 24.2. The van der Waals surface area contributed by atoms with Crippen LogP contribution in [0.4, 0.5) is 5.13 Å². The zero-order valence-electron chi connectivity index (χ0n) is 20.2. The van der Waals surface area contributed by atoms with Crippen LogP contribution in [0.3, 0.4) is 0 Å². The van der Waals surface area contributed by atoms with E-state index < -0.39 is 18.0 Å². The maximum absolute atomic E-state index is 13.0. The Morgan fingerprint density at radius 3 is 2.05 bits per heavy atom. The van der Waals surface area contributed by atoms with E-state index in [9.17, 15) is 9.59 Å². The van der Waals surface area contributed by atoms with Gasteiger partial charge in [-0.2, -0.15) is 0 Å². The van der Waals surface area contributed by atoms with Crippen molar-refractivity contribution in [2.75, 3.05) is 5.32 Å². The van der Waals surface area contributed by atoms with Gasteiger partial charge in [-0.15, -0.1) is 10.2 Å². The third-order valence-corrected chi connectivity index (χ3v) is 6.42. The fraction of sp³-hybridized carbons (Fsp3) is 0.143. The minimum Gasteiger partial charge on any atom is -0.449 e. The van der Waals surface area contributed by atoms with Crippen LogP contribution in [0.25, 0.3) is 33.5 Å². The molecule has 0 aliphatic heterocycles. The van der Waals surface area contributed by atoms with Crippen LogP contribution >= 0.6 is 11.3 Å². The molecule has 0 bridgehead atoms. The molecule has 5 aromatic rings. The van der Waals surface area contributed by atoms with Crippen LogP contribution in [0.5, 0.6) is 0 Å². The second-order valence-electron chi connectivity index (χ2n) is 8.27. The van der Waals surface area contributed by atoms with Gasteiger partial charge in [0, 0.05) is 11.1 Å². The maximum atomic E-state index is 13.0. The van der Waals surface area contributed by atoms with Crippen molar-refractivity contribution >= 4 is 39.4 Å². The first-order chi connectivity index (χ1) is 18.0. The van der Waals surface area contributed by atoms with Crippen molar-refractivity contribution in [1.82, 2.24) is 20.2 Å². The first-order valence-electron chi connectivity index (χ1n) is 11.8. The summed E-state index contributed by atoms with van der Waals surface area (Å²) in [5.74, 6) is -1.07. The average Bonchev–Trinajstić information content (AvgIpc) is 3.35. The maximum Gasteiger partial charge on any atom is 0.338 e. The van der Waals surface area contributed by atoms with Crippen LogP contribution < -0.4 is 5.32 Å². The lowest BCUT2D eigenvalue weighted by Gasteiger charge is -2.15. The van der Waals surface area contributed by atoms with Crippen molar-refractivity contribution in [1.29, 1.82) is 0 Å². The molecule has 2 heterocycles. The Kier molecular flexibility index (Phi) is 6.96. The molecule has 0 aliphatic rings. The van der Waals surface area contributed by atoms with Gasteiger partial charge >= 0.3 is 5.97 Å². The Morgan fingerprint density at radius 2 is 1.49 bits per heavy atom. The highest BCUT2D eigenvalue weighted by Crippen LogP contribution is 2.31. The van der Waals surface area contributed by atoms with Crippen LogP contribution in [0.2, 0.25) is 0 Å². The van der Waals surface area contributed by atoms with Crippen LogP contribution in [0, 0.1) is 6.92 Å². The number of rotatable bonds is 7. The molecule has 1 unspecified atom stereocenters. The molecule has 0 fully saturated rings. The molecule has 9 heteroatoms. The number of hydrogen-bond acceptors (Lipinski definition) is 8. The quantitative estimate of drug-likeness (QED) is 0.281. The second-order valence-corrected chi connectivity index (χ2v) is 9.46. The van der Waals surface area contributed by atoms with Gasteiger partial charge in [-0.1, -0.05) is 78.9 Å². The topological polar surface area (TPSA) is 107 Å². The van der Waals surface area contributed by atoms with E-state index in [2.05, 4.69) is 15.5 Å². The minimum atomic E-state index is -0.973. The summed E-state index contributed by atoms with van der Waals surface area (Å²) in [5.41, 5.74) is 4.81. The molecule has 0 radical (unpaired) electrons. The number of amides is 1. The zero-order chi connectivity index (χ0) is 25.8. The number of hydrogen-bond donors (Lipinski definition) is 1. The molecule has 5 rings (SSSR count). The number of aromatic nitrogens is 4. The molecule has 0 saturated carbocycles. The molecule has 3 aromatic carbocycles. The van der Waals surface area contributed by atoms with E-state index in [1.165, 1.54) is 11.3 Å². The fourth-order valence-corrected chi connectivity index (χ4v) is 4.42. The molecule has 1 amide bonds. The fourth-order valence-electron chi connectivity index (χ4n) is 3.83. The minimum absolute atomic E-state index is 0.284. The van der Waals surface area contributed by atoms with E-state index in [0.29, 0.717) is 28.3 Å². The van der Waals surface area contributed by atoms with Crippen molar-refractivity contribution in [3.63, 3.8) is 0 Å². The summed E-state index contributed by atoms with van der Waals surface area (Å²) in [4.78, 5) is 35.4.